The lowest BCUT2D eigenvalue weighted by molar-refractivity contribution is 0.0998. The number of guanidine groups is 1. The number of aliphatic imine (C=N–C) groups is 1. The Morgan fingerprint density at radius 1 is 1.15 bits per heavy atom. The number of benzene rings is 1. The van der Waals surface area contributed by atoms with Gasteiger partial charge >= 0.3 is 5.91 Å². The van der Waals surface area contributed by atoms with Crippen molar-refractivity contribution in [2.24, 2.45) is 16.5 Å². The van der Waals surface area contributed by atoms with Crippen LogP contribution in [0, 0.1) is 0 Å². The van der Waals surface area contributed by atoms with Crippen LogP contribution < -0.4 is 27.8 Å². The van der Waals surface area contributed by atoms with Crippen LogP contribution in [0.25, 0.3) is 0 Å². The second kappa shape index (κ2) is 10.4. The van der Waals surface area contributed by atoms with E-state index in [1.807, 2.05) is 30.3 Å². The topological polar surface area (TPSA) is 157 Å². The quantitative estimate of drug-likeness (QED) is 0.259. The number of nitrogen functional groups attached to an aromatic ring is 1. The highest BCUT2D eigenvalue weighted by Gasteiger charge is 2.16. The maximum absolute atomic E-state index is 11.8. The van der Waals surface area contributed by atoms with Crippen LogP contribution in [0.4, 0.5) is 11.6 Å². The lowest BCUT2D eigenvalue weighted by atomic mass is 10.2. The molecule has 0 saturated carbocycles. The van der Waals surface area contributed by atoms with Crippen LogP contribution in [0.15, 0.2) is 35.3 Å². The highest BCUT2D eigenvalue weighted by molar-refractivity contribution is 6.32. The summed E-state index contributed by atoms with van der Waals surface area (Å²) < 4.78 is 0. The number of halogens is 2. The normalized spacial score (nSPS) is 9.88. The first-order valence-corrected chi connectivity index (χ1v) is 7.80. The summed E-state index contributed by atoms with van der Waals surface area (Å²) in [6.07, 6.45) is 0. The summed E-state index contributed by atoms with van der Waals surface area (Å²) in [4.78, 5) is 23.0. The van der Waals surface area contributed by atoms with Gasteiger partial charge in [-0.05, 0) is 5.56 Å². The van der Waals surface area contributed by atoms with Crippen molar-refractivity contribution in [3.63, 3.8) is 0 Å². The molecule has 0 aliphatic carbocycles. The Labute approximate surface area is 161 Å². The monoisotopic (exact) mass is 398 g/mol. The average molecular weight is 399 g/mol. The molecule has 9 nitrogen and oxygen atoms in total. The zero-order valence-corrected chi connectivity index (χ0v) is 15.3. The van der Waals surface area contributed by atoms with Crippen LogP contribution in [0.2, 0.25) is 5.15 Å². The molecule has 0 unspecified atom stereocenters. The number of carbonyl (C=O) groups is 1. The third kappa shape index (κ3) is 6.36. The molecule has 0 fully saturated rings. The van der Waals surface area contributed by atoms with Gasteiger partial charge in [0.15, 0.2) is 28.4 Å². The Kier molecular flexibility index (Phi) is 8.56. The van der Waals surface area contributed by atoms with Gasteiger partial charge in [-0.15, -0.1) is 12.4 Å². The Bertz CT molecular complexity index is 766. The number of amides is 1. The van der Waals surface area contributed by atoms with E-state index in [1.165, 1.54) is 5.56 Å². The number of carbonyl (C=O) groups excluding carboxylic acids is 1. The first-order valence-electron chi connectivity index (χ1n) is 7.43. The first-order chi connectivity index (χ1) is 12.0. The number of nitrogens with zero attached hydrogens (tertiary/aromatic N) is 3. The van der Waals surface area contributed by atoms with Crippen LogP contribution in [0.1, 0.15) is 16.1 Å². The summed E-state index contributed by atoms with van der Waals surface area (Å²) in [5, 5.41) is 6.28. The van der Waals surface area contributed by atoms with E-state index < -0.39 is 11.9 Å². The van der Waals surface area contributed by atoms with Crippen molar-refractivity contribution in [2.75, 3.05) is 24.1 Å². The summed E-state index contributed by atoms with van der Waals surface area (Å²) in [7, 11) is 0. The maximum atomic E-state index is 11.8. The number of aromatic nitrogens is 2. The maximum Gasteiger partial charge on any atom is 0.302 e. The molecular weight excluding hydrogens is 379 g/mol. The molecule has 1 aromatic carbocycles. The van der Waals surface area contributed by atoms with Crippen molar-refractivity contribution >= 4 is 47.5 Å². The number of nitrogens with one attached hydrogen (secondary N) is 2. The number of hydrogen-bond donors (Lipinski definition) is 5. The summed E-state index contributed by atoms with van der Waals surface area (Å²) in [6.45, 7) is 1.96. The standard InChI is InChI=1S/C15H19ClN8O.ClH/c16-11-13(21-7-6-20-8-9-4-2-1-3-5-9)23-12(17)10(22-11)14(25)24-15(18)19;/h1-5,20H,6-8H2,(H3,17,21,23)(H4,18,19,24,25);1H. The molecular formula is C15H20Cl2N8O. The van der Waals surface area contributed by atoms with E-state index in [2.05, 4.69) is 25.6 Å². The molecule has 0 saturated heterocycles. The number of anilines is 2. The summed E-state index contributed by atoms with van der Waals surface area (Å²) in [5.74, 6) is -1.03. The average Bonchev–Trinajstić information content (AvgIpc) is 2.57. The summed E-state index contributed by atoms with van der Waals surface area (Å²) in [5.41, 5.74) is 17.0. The summed E-state index contributed by atoms with van der Waals surface area (Å²) in [6, 6.07) is 10.0. The number of rotatable bonds is 7. The molecule has 0 spiro atoms. The van der Waals surface area contributed by atoms with Gasteiger partial charge in [-0.3, -0.25) is 4.79 Å². The largest absolute Gasteiger partial charge is 0.382 e. The molecule has 1 amide bonds. The predicted octanol–water partition coefficient (Wildman–Crippen LogP) is 0.749. The lowest BCUT2D eigenvalue weighted by Gasteiger charge is -2.10. The molecule has 140 valence electrons. The molecule has 11 heteroatoms. The third-order valence-corrected chi connectivity index (χ3v) is 3.34. The Morgan fingerprint density at radius 3 is 2.50 bits per heavy atom. The van der Waals surface area contributed by atoms with Gasteiger partial charge in [0.05, 0.1) is 0 Å². The van der Waals surface area contributed by atoms with Gasteiger partial charge in [-0.2, -0.15) is 4.99 Å². The van der Waals surface area contributed by atoms with E-state index in [9.17, 15) is 4.79 Å². The Morgan fingerprint density at radius 2 is 1.85 bits per heavy atom. The van der Waals surface area contributed by atoms with E-state index in [0.29, 0.717) is 13.1 Å². The molecule has 2 rings (SSSR count). The van der Waals surface area contributed by atoms with E-state index >= 15 is 0 Å². The van der Waals surface area contributed by atoms with E-state index in [4.69, 9.17) is 28.8 Å². The van der Waals surface area contributed by atoms with Gasteiger partial charge in [0.25, 0.3) is 0 Å². The van der Waals surface area contributed by atoms with Gasteiger partial charge in [0.2, 0.25) is 0 Å². The van der Waals surface area contributed by atoms with E-state index in [-0.39, 0.29) is 34.9 Å². The fraction of sp³-hybridized carbons (Fsp3) is 0.200. The van der Waals surface area contributed by atoms with Crippen molar-refractivity contribution in [3.8, 4) is 0 Å². The number of hydrogen-bond acceptors (Lipinski definition) is 6. The minimum Gasteiger partial charge on any atom is -0.382 e. The second-order valence-electron chi connectivity index (χ2n) is 5.03. The third-order valence-electron chi connectivity index (χ3n) is 3.08. The molecule has 26 heavy (non-hydrogen) atoms. The molecule has 0 bridgehead atoms. The molecule has 2 aromatic rings. The van der Waals surface area contributed by atoms with Crippen LogP contribution >= 0.6 is 24.0 Å². The molecule has 0 aliphatic heterocycles. The molecule has 0 atom stereocenters. The van der Waals surface area contributed by atoms with Gasteiger partial charge in [0, 0.05) is 19.6 Å². The minimum absolute atomic E-state index is 0. The van der Waals surface area contributed by atoms with Crippen molar-refractivity contribution in [2.45, 2.75) is 6.54 Å². The van der Waals surface area contributed by atoms with E-state index in [1.54, 1.807) is 0 Å². The molecule has 0 aliphatic rings. The smallest absolute Gasteiger partial charge is 0.302 e. The SMILES string of the molecule is Cl.NC(N)=NC(=O)c1nc(Cl)c(NCCNCc2ccccc2)nc1N. The number of nitrogens with two attached hydrogens (primary N) is 3. The second-order valence-corrected chi connectivity index (χ2v) is 5.39. The fourth-order valence-corrected chi connectivity index (χ4v) is 2.16. The Hall–Kier alpha value is -2.62. The molecule has 1 heterocycles. The predicted molar refractivity (Wildman–Crippen MR) is 105 cm³/mol. The summed E-state index contributed by atoms with van der Waals surface area (Å²) >= 11 is 6.02. The molecule has 0 radical (unpaired) electrons. The van der Waals surface area contributed by atoms with Gasteiger partial charge < -0.3 is 27.8 Å². The van der Waals surface area contributed by atoms with Crippen molar-refractivity contribution in [1.82, 2.24) is 15.3 Å². The Balaban J connectivity index is 0.00000338. The first kappa shape index (κ1) is 21.4. The minimum atomic E-state index is -0.803. The fourth-order valence-electron chi connectivity index (χ4n) is 1.97. The van der Waals surface area contributed by atoms with Crippen LogP contribution in [-0.2, 0) is 6.54 Å². The lowest BCUT2D eigenvalue weighted by Crippen LogP contribution is -2.25. The van der Waals surface area contributed by atoms with Crippen LogP contribution in [-0.4, -0.2) is 34.9 Å². The van der Waals surface area contributed by atoms with Gasteiger partial charge in [-0.1, -0.05) is 41.9 Å². The van der Waals surface area contributed by atoms with Gasteiger partial charge in [-0.25, -0.2) is 9.97 Å². The zero-order chi connectivity index (χ0) is 18.2. The highest BCUT2D eigenvalue weighted by atomic mass is 35.5. The van der Waals surface area contributed by atoms with Crippen LogP contribution in [0.3, 0.4) is 0 Å². The van der Waals surface area contributed by atoms with Crippen molar-refractivity contribution in [3.05, 3.63) is 46.7 Å². The molecule has 8 N–H and O–H groups in total. The van der Waals surface area contributed by atoms with Crippen molar-refractivity contribution in [1.29, 1.82) is 0 Å². The van der Waals surface area contributed by atoms with Crippen molar-refractivity contribution < 1.29 is 4.79 Å². The van der Waals surface area contributed by atoms with Crippen LogP contribution in [0.5, 0.6) is 0 Å². The highest BCUT2D eigenvalue weighted by Crippen LogP contribution is 2.20. The molecule has 1 aromatic heterocycles. The zero-order valence-electron chi connectivity index (χ0n) is 13.8. The van der Waals surface area contributed by atoms with E-state index in [0.717, 1.165) is 6.54 Å². The van der Waals surface area contributed by atoms with Gasteiger partial charge in [0.1, 0.15) is 0 Å².